The van der Waals surface area contributed by atoms with Crippen molar-refractivity contribution in [2.45, 2.75) is 39.0 Å². The first-order valence-corrected chi connectivity index (χ1v) is 6.95. The Morgan fingerprint density at radius 2 is 2.00 bits per heavy atom. The van der Waals surface area contributed by atoms with Crippen molar-refractivity contribution in [2.24, 2.45) is 10.8 Å². The monoisotopic (exact) mass is 269 g/mol. The molecule has 2 fully saturated rings. The zero-order valence-corrected chi connectivity index (χ0v) is 11.8. The number of rotatable bonds is 5. The minimum Gasteiger partial charge on any atom is -0.481 e. The second-order valence-corrected chi connectivity index (χ2v) is 6.22. The molecule has 1 aliphatic heterocycles. The average molecular weight is 269 g/mol. The SMILES string of the molecule is COCCC1(C(=O)N2CCCC(C)(C(=O)O)C2)CC1. The minimum absolute atomic E-state index is 0.136. The molecule has 1 N–H and O–H groups in total. The van der Waals surface area contributed by atoms with Crippen LogP contribution < -0.4 is 0 Å². The number of likely N-dealkylation sites (tertiary alicyclic amines) is 1. The Labute approximate surface area is 113 Å². The fourth-order valence-corrected chi connectivity index (χ4v) is 2.94. The van der Waals surface area contributed by atoms with E-state index in [9.17, 15) is 14.7 Å². The molecule has 2 aliphatic rings. The molecular formula is C14H23NO4. The van der Waals surface area contributed by atoms with Gasteiger partial charge in [-0.15, -0.1) is 0 Å². The Bertz CT molecular complexity index is 378. The first-order chi connectivity index (χ1) is 8.93. The number of hydrogen-bond donors (Lipinski definition) is 1. The maximum Gasteiger partial charge on any atom is 0.311 e. The Hall–Kier alpha value is -1.10. The van der Waals surface area contributed by atoms with Gasteiger partial charge in [0, 0.05) is 26.8 Å². The maximum atomic E-state index is 12.6. The van der Waals surface area contributed by atoms with E-state index in [-0.39, 0.29) is 11.3 Å². The molecule has 0 radical (unpaired) electrons. The van der Waals surface area contributed by atoms with E-state index in [1.54, 1.807) is 18.9 Å². The molecule has 1 amide bonds. The summed E-state index contributed by atoms with van der Waals surface area (Å²) in [7, 11) is 1.64. The highest BCUT2D eigenvalue weighted by Gasteiger charge is 2.52. The zero-order valence-electron chi connectivity index (χ0n) is 11.8. The molecule has 1 heterocycles. The topological polar surface area (TPSA) is 66.8 Å². The summed E-state index contributed by atoms with van der Waals surface area (Å²) >= 11 is 0. The van der Waals surface area contributed by atoms with Crippen molar-refractivity contribution in [3.63, 3.8) is 0 Å². The first kappa shape index (κ1) is 14.3. The van der Waals surface area contributed by atoms with Gasteiger partial charge in [0.2, 0.25) is 5.91 Å². The number of aliphatic carboxylic acids is 1. The summed E-state index contributed by atoms with van der Waals surface area (Å²) in [6.45, 7) is 3.37. The molecule has 0 aromatic heterocycles. The van der Waals surface area contributed by atoms with Crippen molar-refractivity contribution in [2.75, 3.05) is 26.8 Å². The largest absolute Gasteiger partial charge is 0.481 e. The Morgan fingerprint density at radius 3 is 2.53 bits per heavy atom. The Kier molecular flexibility index (Phi) is 3.85. The number of carboxylic acid groups (broad SMARTS) is 1. The lowest BCUT2D eigenvalue weighted by molar-refractivity contribution is -0.155. The minimum atomic E-state index is -0.799. The van der Waals surface area contributed by atoms with Crippen molar-refractivity contribution < 1.29 is 19.4 Å². The standard InChI is InChI=1S/C14H23NO4/c1-13(12(17)18)4-3-8-15(10-13)11(16)14(5-6-14)7-9-19-2/h3-10H2,1-2H3,(H,17,18). The van der Waals surface area contributed by atoms with Crippen molar-refractivity contribution in [1.29, 1.82) is 0 Å². The average Bonchev–Trinajstić information content (AvgIpc) is 3.16. The number of amides is 1. The van der Waals surface area contributed by atoms with Crippen molar-refractivity contribution >= 4 is 11.9 Å². The quantitative estimate of drug-likeness (QED) is 0.821. The van der Waals surface area contributed by atoms with E-state index in [0.717, 1.165) is 25.7 Å². The molecule has 5 nitrogen and oxygen atoms in total. The van der Waals surface area contributed by atoms with E-state index in [1.165, 1.54) is 0 Å². The fraction of sp³-hybridized carbons (Fsp3) is 0.857. The predicted octanol–water partition coefficient (Wildman–Crippen LogP) is 1.52. The number of carbonyl (C=O) groups is 2. The molecule has 1 saturated carbocycles. The van der Waals surface area contributed by atoms with Gasteiger partial charge in [0.1, 0.15) is 0 Å². The molecule has 1 saturated heterocycles. The van der Waals surface area contributed by atoms with E-state index < -0.39 is 11.4 Å². The van der Waals surface area contributed by atoms with Crippen LogP contribution in [-0.2, 0) is 14.3 Å². The maximum absolute atomic E-state index is 12.6. The molecule has 5 heteroatoms. The molecule has 0 aromatic rings. The van der Waals surface area contributed by atoms with Gasteiger partial charge < -0.3 is 14.7 Å². The number of hydrogen-bond acceptors (Lipinski definition) is 3. The van der Waals surface area contributed by atoms with Crippen molar-refractivity contribution in [3.05, 3.63) is 0 Å². The highest BCUT2D eigenvalue weighted by Crippen LogP contribution is 2.51. The highest BCUT2D eigenvalue weighted by atomic mass is 16.5. The lowest BCUT2D eigenvalue weighted by Crippen LogP contribution is -2.50. The van der Waals surface area contributed by atoms with Crippen LogP contribution in [0.4, 0.5) is 0 Å². The normalized spacial score (nSPS) is 29.1. The molecule has 0 spiro atoms. The van der Waals surface area contributed by atoms with Crippen LogP contribution in [0.3, 0.4) is 0 Å². The van der Waals surface area contributed by atoms with Crippen molar-refractivity contribution in [3.8, 4) is 0 Å². The molecule has 1 aliphatic carbocycles. The number of carbonyl (C=O) groups excluding carboxylic acids is 1. The molecule has 2 rings (SSSR count). The highest BCUT2D eigenvalue weighted by molar-refractivity contribution is 5.86. The molecule has 1 atom stereocenters. The lowest BCUT2D eigenvalue weighted by Gasteiger charge is -2.39. The fourth-order valence-electron chi connectivity index (χ4n) is 2.94. The summed E-state index contributed by atoms with van der Waals surface area (Å²) in [5.41, 5.74) is -1.04. The van der Waals surface area contributed by atoms with Crippen molar-refractivity contribution in [1.82, 2.24) is 4.90 Å². The Morgan fingerprint density at radius 1 is 1.32 bits per heavy atom. The molecule has 108 valence electrons. The third-order valence-corrected chi connectivity index (χ3v) is 4.59. The first-order valence-electron chi connectivity index (χ1n) is 6.95. The number of carboxylic acids is 1. The van der Waals surface area contributed by atoms with Gasteiger partial charge >= 0.3 is 5.97 Å². The van der Waals surface area contributed by atoms with E-state index in [0.29, 0.717) is 26.1 Å². The van der Waals surface area contributed by atoms with Gasteiger partial charge in [0.25, 0.3) is 0 Å². The van der Waals surface area contributed by atoms with Crippen LogP contribution >= 0.6 is 0 Å². The van der Waals surface area contributed by atoms with Crippen LogP contribution in [-0.4, -0.2) is 48.7 Å². The smallest absolute Gasteiger partial charge is 0.311 e. The number of piperidine rings is 1. The van der Waals surface area contributed by atoms with Crippen LogP contribution in [0.25, 0.3) is 0 Å². The summed E-state index contributed by atoms with van der Waals surface area (Å²) in [5, 5.41) is 9.30. The molecular weight excluding hydrogens is 246 g/mol. The van der Waals surface area contributed by atoms with Gasteiger partial charge in [-0.05, 0) is 39.0 Å². The summed E-state index contributed by atoms with van der Waals surface area (Å²) in [6.07, 6.45) is 4.00. The summed E-state index contributed by atoms with van der Waals surface area (Å²) in [6, 6.07) is 0. The Balaban J connectivity index is 2.02. The third kappa shape index (κ3) is 2.76. The molecule has 19 heavy (non-hydrogen) atoms. The second-order valence-electron chi connectivity index (χ2n) is 6.22. The zero-order chi connectivity index (χ0) is 14.1. The third-order valence-electron chi connectivity index (χ3n) is 4.59. The van der Waals surface area contributed by atoms with Gasteiger partial charge in [-0.2, -0.15) is 0 Å². The lowest BCUT2D eigenvalue weighted by atomic mass is 9.81. The van der Waals surface area contributed by atoms with Crippen LogP contribution in [0.5, 0.6) is 0 Å². The number of nitrogens with zero attached hydrogens (tertiary/aromatic N) is 1. The predicted molar refractivity (Wildman–Crippen MR) is 69.7 cm³/mol. The van der Waals surface area contributed by atoms with Gasteiger partial charge in [0.05, 0.1) is 10.8 Å². The van der Waals surface area contributed by atoms with Gasteiger partial charge in [-0.1, -0.05) is 0 Å². The van der Waals surface area contributed by atoms with Crippen LogP contribution in [0.1, 0.15) is 39.0 Å². The number of ether oxygens (including phenoxy) is 1. The van der Waals surface area contributed by atoms with E-state index in [1.807, 2.05) is 0 Å². The molecule has 0 aromatic carbocycles. The van der Waals surface area contributed by atoms with E-state index >= 15 is 0 Å². The second kappa shape index (κ2) is 5.12. The van der Waals surface area contributed by atoms with Gasteiger partial charge in [-0.3, -0.25) is 9.59 Å². The molecule has 0 bridgehead atoms. The van der Waals surface area contributed by atoms with E-state index in [2.05, 4.69) is 0 Å². The molecule has 1 unspecified atom stereocenters. The van der Waals surface area contributed by atoms with Gasteiger partial charge in [-0.25, -0.2) is 0 Å². The number of methoxy groups -OCH3 is 1. The summed E-state index contributed by atoms with van der Waals surface area (Å²) in [5.74, 6) is -0.663. The van der Waals surface area contributed by atoms with E-state index in [4.69, 9.17) is 4.74 Å². The van der Waals surface area contributed by atoms with Crippen LogP contribution in [0.15, 0.2) is 0 Å². The summed E-state index contributed by atoms with van der Waals surface area (Å²) in [4.78, 5) is 25.7. The summed E-state index contributed by atoms with van der Waals surface area (Å²) < 4.78 is 5.07. The van der Waals surface area contributed by atoms with Gasteiger partial charge in [0.15, 0.2) is 0 Å². The van der Waals surface area contributed by atoms with Crippen LogP contribution in [0, 0.1) is 10.8 Å². The van der Waals surface area contributed by atoms with Crippen LogP contribution in [0.2, 0.25) is 0 Å².